The molecule has 11 heavy (non-hydrogen) atoms. The Balaban J connectivity index is 3.02. The van der Waals surface area contributed by atoms with Gasteiger partial charge in [0.1, 0.15) is 11.9 Å². The van der Waals surface area contributed by atoms with Gasteiger partial charge in [0, 0.05) is 11.1 Å². The topological polar surface area (TPSA) is 85.4 Å². The summed E-state index contributed by atoms with van der Waals surface area (Å²) in [5.74, 6) is 0.270. The number of azide groups is 1. The normalized spacial score (nSPS) is 7.91. The molecule has 52 valence electrons. The first-order chi connectivity index (χ1) is 5.36. The summed E-state index contributed by atoms with van der Waals surface area (Å²) in [4.78, 5) is 6.24. The molecule has 5 nitrogen and oxygen atoms in total. The summed E-state index contributed by atoms with van der Waals surface area (Å²) in [6, 6.07) is 4.92. The number of rotatable bonds is 1. The molecule has 0 aliphatic carbocycles. The van der Waals surface area contributed by atoms with Crippen LogP contribution in [0.5, 0.6) is 0 Å². The number of hydrogen-bond acceptors (Lipinski definition) is 3. The maximum Gasteiger partial charge on any atom is 0.126 e. The maximum absolute atomic E-state index is 8.36. The van der Waals surface area contributed by atoms with Gasteiger partial charge in [0.25, 0.3) is 0 Å². The number of nitriles is 1. The van der Waals surface area contributed by atoms with Crippen molar-refractivity contribution in [1.29, 1.82) is 5.26 Å². The molecule has 0 aliphatic rings. The van der Waals surface area contributed by atoms with Crippen LogP contribution in [0.15, 0.2) is 23.4 Å². The standard InChI is InChI=1S/C6H3N5/c7-3-5-1-2-6(9-4-5)10-11-8/h1-2,4H. The van der Waals surface area contributed by atoms with Crippen molar-refractivity contribution >= 4 is 5.82 Å². The Hall–Kier alpha value is -2.05. The predicted molar refractivity (Wildman–Crippen MR) is 37.8 cm³/mol. The van der Waals surface area contributed by atoms with Crippen LogP contribution < -0.4 is 0 Å². The molecule has 1 aromatic rings. The van der Waals surface area contributed by atoms with Gasteiger partial charge in [-0.3, -0.25) is 4.98 Å². The van der Waals surface area contributed by atoms with Crippen LogP contribution >= 0.6 is 0 Å². The second-order valence-corrected chi connectivity index (χ2v) is 1.71. The van der Waals surface area contributed by atoms with E-state index in [0.29, 0.717) is 5.56 Å². The molecule has 0 bridgehead atoms. The van der Waals surface area contributed by atoms with Gasteiger partial charge in [-0.25, -0.2) is 0 Å². The number of hydrogen-bond donors (Lipinski definition) is 0. The van der Waals surface area contributed by atoms with Crippen LogP contribution in [-0.2, 0) is 0 Å². The van der Waals surface area contributed by atoms with E-state index in [1.807, 2.05) is 6.07 Å². The van der Waals surface area contributed by atoms with Crippen LogP contribution in [0, 0.1) is 11.3 Å². The molecule has 0 amide bonds. The third kappa shape index (κ3) is 1.68. The first kappa shape index (κ1) is 7.06. The molecule has 1 heterocycles. The summed E-state index contributed by atoms with van der Waals surface area (Å²) < 4.78 is 0. The fourth-order valence-corrected chi connectivity index (χ4v) is 0.557. The molecule has 0 radical (unpaired) electrons. The smallest absolute Gasteiger partial charge is 0.126 e. The Morgan fingerprint density at radius 3 is 2.91 bits per heavy atom. The van der Waals surface area contributed by atoms with E-state index >= 15 is 0 Å². The molecule has 5 heteroatoms. The van der Waals surface area contributed by atoms with Crippen molar-refractivity contribution in [2.75, 3.05) is 0 Å². The van der Waals surface area contributed by atoms with Gasteiger partial charge < -0.3 is 0 Å². The van der Waals surface area contributed by atoms with Gasteiger partial charge >= 0.3 is 0 Å². The van der Waals surface area contributed by atoms with E-state index in [2.05, 4.69) is 15.0 Å². The minimum Gasteiger partial charge on any atom is -0.253 e. The lowest BCUT2D eigenvalue weighted by Crippen LogP contribution is -1.75. The lowest BCUT2D eigenvalue weighted by molar-refractivity contribution is 1.24. The van der Waals surface area contributed by atoms with E-state index in [1.165, 1.54) is 18.3 Å². The van der Waals surface area contributed by atoms with Crippen LogP contribution in [0.1, 0.15) is 5.56 Å². The highest BCUT2D eigenvalue weighted by molar-refractivity contribution is 5.34. The summed E-state index contributed by atoms with van der Waals surface area (Å²) in [7, 11) is 0. The molecule has 0 atom stereocenters. The van der Waals surface area contributed by atoms with Gasteiger partial charge in [0.15, 0.2) is 0 Å². The largest absolute Gasteiger partial charge is 0.253 e. The average Bonchev–Trinajstić information content (AvgIpc) is 2.07. The van der Waals surface area contributed by atoms with Crippen LogP contribution in [0.25, 0.3) is 10.4 Å². The minimum absolute atomic E-state index is 0.270. The Labute approximate surface area is 62.5 Å². The van der Waals surface area contributed by atoms with E-state index in [-0.39, 0.29) is 5.82 Å². The van der Waals surface area contributed by atoms with Crippen LogP contribution in [-0.4, -0.2) is 4.98 Å². The Morgan fingerprint density at radius 2 is 2.45 bits per heavy atom. The zero-order valence-corrected chi connectivity index (χ0v) is 5.47. The van der Waals surface area contributed by atoms with Gasteiger partial charge in [-0.2, -0.15) is 5.26 Å². The van der Waals surface area contributed by atoms with Crippen molar-refractivity contribution < 1.29 is 0 Å². The van der Waals surface area contributed by atoms with E-state index in [9.17, 15) is 0 Å². The average molecular weight is 145 g/mol. The summed E-state index contributed by atoms with van der Waals surface area (Å²) in [5.41, 5.74) is 8.45. The lowest BCUT2D eigenvalue weighted by atomic mass is 10.3. The number of nitrogens with zero attached hydrogens (tertiary/aromatic N) is 5. The van der Waals surface area contributed by atoms with Crippen molar-refractivity contribution in [1.82, 2.24) is 4.98 Å². The predicted octanol–water partition coefficient (Wildman–Crippen LogP) is 1.90. The molecule has 0 spiro atoms. The zero-order valence-electron chi connectivity index (χ0n) is 5.47. The molecule has 0 unspecified atom stereocenters. The summed E-state index contributed by atoms with van der Waals surface area (Å²) in [6.07, 6.45) is 1.35. The minimum atomic E-state index is 0.270. The van der Waals surface area contributed by atoms with Gasteiger partial charge in [-0.15, -0.1) is 0 Å². The quantitative estimate of drug-likeness (QED) is 0.343. The van der Waals surface area contributed by atoms with E-state index in [0.717, 1.165) is 0 Å². The van der Waals surface area contributed by atoms with Crippen molar-refractivity contribution in [3.8, 4) is 6.07 Å². The van der Waals surface area contributed by atoms with Crippen molar-refractivity contribution in [2.24, 2.45) is 5.11 Å². The molecule has 0 saturated carbocycles. The molecule has 1 rings (SSSR count). The summed E-state index contributed by atoms with van der Waals surface area (Å²) >= 11 is 0. The van der Waals surface area contributed by atoms with Crippen molar-refractivity contribution in [3.05, 3.63) is 34.3 Å². The first-order valence-electron chi connectivity index (χ1n) is 2.78. The highest BCUT2D eigenvalue weighted by Gasteiger charge is 1.89. The number of pyridine rings is 1. The summed E-state index contributed by atoms with van der Waals surface area (Å²) in [5, 5.41) is 11.6. The third-order valence-corrected chi connectivity index (χ3v) is 1.02. The van der Waals surface area contributed by atoms with Gasteiger partial charge in [0.2, 0.25) is 0 Å². The van der Waals surface area contributed by atoms with Crippen molar-refractivity contribution in [2.45, 2.75) is 0 Å². The maximum atomic E-state index is 8.36. The van der Waals surface area contributed by atoms with E-state index in [1.54, 1.807) is 0 Å². The number of aromatic nitrogens is 1. The first-order valence-corrected chi connectivity index (χ1v) is 2.78. The van der Waals surface area contributed by atoms with Gasteiger partial charge in [0.05, 0.1) is 5.56 Å². The molecular weight excluding hydrogens is 142 g/mol. The monoisotopic (exact) mass is 145 g/mol. The van der Waals surface area contributed by atoms with Crippen molar-refractivity contribution in [3.63, 3.8) is 0 Å². The van der Waals surface area contributed by atoms with Gasteiger partial charge in [-0.05, 0) is 22.8 Å². The van der Waals surface area contributed by atoms with Crippen LogP contribution in [0.3, 0.4) is 0 Å². The molecule has 0 N–H and O–H groups in total. The van der Waals surface area contributed by atoms with Crippen LogP contribution in [0.2, 0.25) is 0 Å². The Kier molecular flexibility index (Phi) is 2.06. The van der Waals surface area contributed by atoms with E-state index < -0.39 is 0 Å². The third-order valence-electron chi connectivity index (χ3n) is 1.02. The fraction of sp³-hybridized carbons (Fsp3) is 0. The molecule has 0 aliphatic heterocycles. The highest BCUT2D eigenvalue weighted by atomic mass is 15.2. The molecule has 0 fully saturated rings. The molecule has 0 saturated heterocycles. The van der Waals surface area contributed by atoms with E-state index in [4.69, 9.17) is 10.8 Å². The second kappa shape index (κ2) is 3.20. The Morgan fingerprint density at radius 1 is 1.64 bits per heavy atom. The SMILES string of the molecule is N#Cc1ccc(N=[N+]=[N-])nc1. The molecule has 0 aromatic carbocycles. The Bertz CT molecular complexity index is 327. The molecular formula is C6H3N5. The fourth-order valence-electron chi connectivity index (χ4n) is 0.557. The lowest BCUT2D eigenvalue weighted by Gasteiger charge is -1.87. The second-order valence-electron chi connectivity index (χ2n) is 1.71. The molecule has 1 aromatic heterocycles. The highest BCUT2D eigenvalue weighted by Crippen LogP contribution is 2.07. The zero-order chi connectivity index (χ0) is 8.10. The van der Waals surface area contributed by atoms with Gasteiger partial charge in [-0.1, -0.05) is 0 Å². The summed E-state index contributed by atoms with van der Waals surface area (Å²) in [6.45, 7) is 0. The van der Waals surface area contributed by atoms with Crippen LogP contribution in [0.4, 0.5) is 5.82 Å².